The molecule has 2 heterocycles. The maximum Gasteiger partial charge on any atom is 0.315 e. The van der Waals surface area contributed by atoms with E-state index in [1.807, 2.05) is 0 Å². The largest absolute Gasteiger partial charge is 0.381 e. The molecule has 5 heteroatoms. The third kappa shape index (κ3) is 3.35. The van der Waals surface area contributed by atoms with E-state index in [1.165, 1.54) is 0 Å². The van der Waals surface area contributed by atoms with E-state index < -0.39 is 0 Å². The maximum atomic E-state index is 11.5. The Balaban J connectivity index is 1.58. The second kappa shape index (κ2) is 5.32. The van der Waals surface area contributed by atoms with Gasteiger partial charge in [-0.3, -0.25) is 0 Å². The molecule has 86 valence electrons. The van der Waals surface area contributed by atoms with Gasteiger partial charge in [-0.2, -0.15) is 0 Å². The average molecular weight is 213 g/mol. The molecule has 5 nitrogen and oxygen atoms in total. The fourth-order valence-corrected chi connectivity index (χ4v) is 1.81. The molecule has 0 aromatic rings. The van der Waals surface area contributed by atoms with Gasteiger partial charge in [0, 0.05) is 44.8 Å². The molecule has 2 fully saturated rings. The number of urea groups is 1. The predicted molar refractivity (Wildman–Crippen MR) is 56.7 cm³/mol. The quantitative estimate of drug-likeness (QED) is 0.602. The van der Waals surface area contributed by atoms with Gasteiger partial charge < -0.3 is 20.7 Å². The molecule has 2 rings (SSSR count). The normalized spacial score (nSPS) is 23.2. The second-order valence-corrected chi connectivity index (χ2v) is 4.27. The first-order valence-corrected chi connectivity index (χ1v) is 5.67. The van der Waals surface area contributed by atoms with Crippen LogP contribution in [0.25, 0.3) is 0 Å². The van der Waals surface area contributed by atoms with E-state index in [2.05, 4.69) is 16.0 Å². The van der Waals surface area contributed by atoms with E-state index >= 15 is 0 Å². The van der Waals surface area contributed by atoms with Gasteiger partial charge in [0.25, 0.3) is 0 Å². The molecule has 0 aromatic heterocycles. The number of hydrogen-bond acceptors (Lipinski definition) is 3. The van der Waals surface area contributed by atoms with E-state index in [0.29, 0.717) is 12.0 Å². The van der Waals surface area contributed by atoms with Crippen LogP contribution >= 0.6 is 0 Å². The van der Waals surface area contributed by atoms with E-state index in [-0.39, 0.29) is 6.03 Å². The van der Waals surface area contributed by atoms with Gasteiger partial charge in [-0.15, -0.1) is 0 Å². The summed E-state index contributed by atoms with van der Waals surface area (Å²) < 4.78 is 5.23. The van der Waals surface area contributed by atoms with E-state index in [0.717, 1.165) is 45.7 Å². The van der Waals surface area contributed by atoms with Crippen molar-refractivity contribution in [2.45, 2.75) is 18.9 Å². The van der Waals surface area contributed by atoms with Gasteiger partial charge in [-0.1, -0.05) is 0 Å². The zero-order valence-corrected chi connectivity index (χ0v) is 8.92. The van der Waals surface area contributed by atoms with Gasteiger partial charge in [0.1, 0.15) is 0 Å². The van der Waals surface area contributed by atoms with Crippen molar-refractivity contribution in [3.63, 3.8) is 0 Å². The van der Waals surface area contributed by atoms with E-state index in [1.54, 1.807) is 0 Å². The van der Waals surface area contributed by atoms with Crippen molar-refractivity contribution in [1.29, 1.82) is 0 Å². The second-order valence-electron chi connectivity index (χ2n) is 4.27. The molecule has 0 aliphatic carbocycles. The van der Waals surface area contributed by atoms with Crippen LogP contribution in [0.5, 0.6) is 0 Å². The SMILES string of the molecule is O=C(NCC1CNC1)NC1CCOCC1. The van der Waals surface area contributed by atoms with Crippen molar-refractivity contribution in [2.24, 2.45) is 5.92 Å². The highest BCUT2D eigenvalue weighted by Gasteiger charge is 2.19. The van der Waals surface area contributed by atoms with Crippen LogP contribution < -0.4 is 16.0 Å². The molecule has 0 radical (unpaired) electrons. The van der Waals surface area contributed by atoms with Crippen LogP contribution in [0.4, 0.5) is 4.79 Å². The lowest BCUT2D eigenvalue weighted by Gasteiger charge is -2.28. The summed E-state index contributed by atoms with van der Waals surface area (Å²) in [6.45, 7) is 4.35. The van der Waals surface area contributed by atoms with E-state index in [9.17, 15) is 4.79 Å². The summed E-state index contributed by atoms with van der Waals surface area (Å²) in [6.07, 6.45) is 1.86. The van der Waals surface area contributed by atoms with Crippen LogP contribution in [0.15, 0.2) is 0 Å². The minimum Gasteiger partial charge on any atom is -0.381 e. The molecule has 0 bridgehead atoms. The Morgan fingerprint density at radius 1 is 1.33 bits per heavy atom. The Bertz CT molecular complexity index is 213. The molecule has 2 amide bonds. The van der Waals surface area contributed by atoms with Gasteiger partial charge in [0.05, 0.1) is 0 Å². The predicted octanol–water partition coefficient (Wildman–Crippen LogP) is -0.316. The number of nitrogens with one attached hydrogen (secondary N) is 3. The average Bonchev–Trinajstić information content (AvgIpc) is 2.17. The number of amides is 2. The molecular formula is C10H19N3O2. The Hall–Kier alpha value is -0.810. The smallest absolute Gasteiger partial charge is 0.315 e. The number of carbonyl (C=O) groups is 1. The molecule has 2 aliphatic rings. The van der Waals surface area contributed by atoms with Crippen LogP contribution in [-0.2, 0) is 4.74 Å². The highest BCUT2D eigenvalue weighted by Crippen LogP contribution is 2.05. The van der Waals surface area contributed by atoms with Gasteiger partial charge in [0.2, 0.25) is 0 Å². The third-order valence-corrected chi connectivity index (χ3v) is 2.97. The minimum absolute atomic E-state index is 0.0335. The fraction of sp³-hybridized carbons (Fsp3) is 0.900. The Morgan fingerprint density at radius 3 is 2.67 bits per heavy atom. The summed E-state index contributed by atoms with van der Waals surface area (Å²) in [6, 6.07) is 0.257. The molecule has 0 aromatic carbocycles. The summed E-state index contributed by atoms with van der Waals surface area (Å²) in [4.78, 5) is 11.5. The number of rotatable bonds is 3. The highest BCUT2D eigenvalue weighted by atomic mass is 16.5. The molecule has 2 saturated heterocycles. The van der Waals surface area contributed by atoms with Gasteiger partial charge >= 0.3 is 6.03 Å². The van der Waals surface area contributed by atoms with Crippen LogP contribution in [0.2, 0.25) is 0 Å². The van der Waals surface area contributed by atoms with Crippen LogP contribution in [0.1, 0.15) is 12.8 Å². The van der Waals surface area contributed by atoms with Crippen molar-refractivity contribution in [3.05, 3.63) is 0 Å². The van der Waals surface area contributed by atoms with Crippen molar-refractivity contribution in [2.75, 3.05) is 32.8 Å². The number of hydrogen-bond donors (Lipinski definition) is 3. The first-order valence-electron chi connectivity index (χ1n) is 5.67. The first-order chi connectivity index (χ1) is 7.34. The maximum absolute atomic E-state index is 11.5. The van der Waals surface area contributed by atoms with E-state index in [4.69, 9.17) is 4.74 Å². The molecular weight excluding hydrogens is 194 g/mol. The zero-order chi connectivity index (χ0) is 10.5. The minimum atomic E-state index is -0.0335. The van der Waals surface area contributed by atoms with Crippen LogP contribution in [-0.4, -0.2) is 44.9 Å². The first kappa shape index (κ1) is 10.7. The van der Waals surface area contributed by atoms with Gasteiger partial charge in [-0.05, 0) is 12.8 Å². The van der Waals surface area contributed by atoms with Crippen molar-refractivity contribution < 1.29 is 9.53 Å². The van der Waals surface area contributed by atoms with Crippen LogP contribution in [0, 0.1) is 5.92 Å². The topological polar surface area (TPSA) is 62.4 Å². The summed E-state index contributed by atoms with van der Waals surface area (Å²) in [7, 11) is 0. The summed E-state index contributed by atoms with van der Waals surface area (Å²) in [5, 5.41) is 9.05. The van der Waals surface area contributed by atoms with Gasteiger partial charge in [-0.25, -0.2) is 4.79 Å². The lowest BCUT2D eigenvalue weighted by atomic mass is 10.0. The highest BCUT2D eigenvalue weighted by molar-refractivity contribution is 5.74. The fourth-order valence-electron chi connectivity index (χ4n) is 1.81. The Kier molecular flexibility index (Phi) is 3.80. The molecule has 0 atom stereocenters. The molecule has 15 heavy (non-hydrogen) atoms. The molecule has 3 N–H and O–H groups in total. The standard InChI is InChI=1S/C10H19N3O2/c14-10(12-7-8-5-11-6-8)13-9-1-3-15-4-2-9/h8-9,11H,1-7H2,(H2,12,13,14). The lowest BCUT2D eigenvalue weighted by Crippen LogP contribution is -2.51. The lowest BCUT2D eigenvalue weighted by molar-refractivity contribution is 0.0800. The molecule has 0 spiro atoms. The summed E-state index contributed by atoms with van der Waals surface area (Å²) in [5.74, 6) is 0.616. The monoisotopic (exact) mass is 213 g/mol. The Labute approximate surface area is 89.9 Å². The van der Waals surface area contributed by atoms with Crippen molar-refractivity contribution >= 4 is 6.03 Å². The van der Waals surface area contributed by atoms with Crippen LogP contribution in [0.3, 0.4) is 0 Å². The van der Waals surface area contributed by atoms with Crippen molar-refractivity contribution in [3.8, 4) is 0 Å². The van der Waals surface area contributed by atoms with Crippen molar-refractivity contribution in [1.82, 2.24) is 16.0 Å². The summed E-state index contributed by atoms with van der Waals surface area (Å²) >= 11 is 0. The third-order valence-electron chi connectivity index (χ3n) is 2.97. The Morgan fingerprint density at radius 2 is 2.07 bits per heavy atom. The summed E-state index contributed by atoms with van der Waals surface area (Å²) in [5.41, 5.74) is 0. The molecule has 0 saturated carbocycles. The molecule has 2 aliphatic heterocycles. The molecule has 0 unspecified atom stereocenters. The zero-order valence-electron chi connectivity index (χ0n) is 8.92. The number of carbonyl (C=O) groups excluding carboxylic acids is 1. The van der Waals surface area contributed by atoms with Gasteiger partial charge in [0.15, 0.2) is 0 Å². The number of ether oxygens (including phenoxy) is 1.